The molecule has 0 radical (unpaired) electrons. The third kappa shape index (κ3) is 3.79. The van der Waals surface area contributed by atoms with Gasteiger partial charge in [0.15, 0.2) is 0 Å². The van der Waals surface area contributed by atoms with Gasteiger partial charge in [0.05, 0.1) is 17.8 Å². The van der Waals surface area contributed by atoms with E-state index in [0.29, 0.717) is 29.3 Å². The standard InChI is InChI=1S/C24H21N5O3/c30-20-14-16-6-4-5-9-19(16)21(20)26-22(31)15-10-12-17(13-11-15)25-23-27-24(32)29(28-23)18-7-2-1-3-8-18/h1-13,20-21,30H,14H2,(H,26,31)(H2,25,27,28,32). The third-order valence-corrected chi connectivity index (χ3v) is 5.52. The first-order valence-electron chi connectivity index (χ1n) is 10.3. The topological polar surface area (TPSA) is 112 Å². The van der Waals surface area contributed by atoms with Crippen LogP contribution in [0.5, 0.6) is 0 Å². The number of aliphatic hydroxyl groups is 1. The Balaban J connectivity index is 1.28. The van der Waals surface area contributed by atoms with Crippen LogP contribution in [0.4, 0.5) is 11.6 Å². The van der Waals surface area contributed by atoms with Crippen molar-refractivity contribution in [2.45, 2.75) is 18.6 Å². The number of carbonyl (C=O) groups excluding carboxylic acids is 1. The van der Waals surface area contributed by atoms with Crippen molar-refractivity contribution in [1.82, 2.24) is 20.1 Å². The van der Waals surface area contributed by atoms with E-state index in [1.54, 1.807) is 36.4 Å². The molecule has 4 N–H and O–H groups in total. The SMILES string of the molecule is O=C(NC1c2ccccc2CC1O)c1ccc(Nc2nn(-c3ccccc3)c(=O)[nH]2)cc1. The van der Waals surface area contributed by atoms with Crippen LogP contribution in [-0.2, 0) is 6.42 Å². The highest BCUT2D eigenvalue weighted by Crippen LogP contribution is 2.31. The number of aromatic amines is 1. The summed E-state index contributed by atoms with van der Waals surface area (Å²) in [6.45, 7) is 0. The summed E-state index contributed by atoms with van der Waals surface area (Å²) in [4.78, 5) is 27.6. The maximum atomic E-state index is 12.7. The molecule has 1 amide bonds. The fraction of sp³-hybridized carbons (Fsp3) is 0.125. The molecule has 0 saturated carbocycles. The maximum Gasteiger partial charge on any atom is 0.349 e. The number of fused-ring (bicyclic) bond motifs is 1. The van der Waals surface area contributed by atoms with Crippen LogP contribution in [0.15, 0.2) is 83.7 Å². The zero-order valence-corrected chi connectivity index (χ0v) is 17.0. The van der Waals surface area contributed by atoms with Gasteiger partial charge in [0, 0.05) is 17.7 Å². The van der Waals surface area contributed by atoms with Gasteiger partial charge < -0.3 is 15.7 Å². The van der Waals surface area contributed by atoms with Gasteiger partial charge in [0.1, 0.15) is 0 Å². The van der Waals surface area contributed by atoms with E-state index >= 15 is 0 Å². The maximum absolute atomic E-state index is 12.7. The first-order valence-corrected chi connectivity index (χ1v) is 10.3. The normalized spacial score (nSPS) is 17.0. The summed E-state index contributed by atoms with van der Waals surface area (Å²) in [7, 11) is 0. The Morgan fingerprint density at radius 2 is 1.72 bits per heavy atom. The molecule has 32 heavy (non-hydrogen) atoms. The average Bonchev–Trinajstić information content (AvgIpc) is 3.33. The van der Waals surface area contributed by atoms with Crippen LogP contribution in [0, 0.1) is 0 Å². The van der Waals surface area contributed by atoms with Crippen LogP contribution < -0.4 is 16.3 Å². The number of rotatable bonds is 5. The van der Waals surface area contributed by atoms with Crippen molar-refractivity contribution in [3.63, 3.8) is 0 Å². The quantitative estimate of drug-likeness (QED) is 0.391. The zero-order valence-electron chi connectivity index (χ0n) is 17.0. The van der Waals surface area contributed by atoms with Crippen LogP contribution in [0.3, 0.4) is 0 Å². The molecule has 0 saturated heterocycles. The van der Waals surface area contributed by atoms with Gasteiger partial charge in [-0.25, -0.2) is 4.79 Å². The Labute approximate surface area is 183 Å². The Morgan fingerprint density at radius 3 is 2.50 bits per heavy atom. The first-order chi connectivity index (χ1) is 15.6. The lowest BCUT2D eigenvalue weighted by Crippen LogP contribution is -2.33. The smallest absolute Gasteiger partial charge is 0.349 e. The number of benzene rings is 3. The minimum atomic E-state index is -0.645. The molecule has 160 valence electrons. The van der Waals surface area contributed by atoms with Crippen molar-refractivity contribution < 1.29 is 9.90 Å². The highest BCUT2D eigenvalue weighted by Gasteiger charge is 2.32. The van der Waals surface area contributed by atoms with Gasteiger partial charge in [-0.1, -0.05) is 42.5 Å². The molecule has 2 atom stereocenters. The summed E-state index contributed by atoms with van der Waals surface area (Å²) >= 11 is 0. The van der Waals surface area contributed by atoms with E-state index in [1.807, 2.05) is 42.5 Å². The van der Waals surface area contributed by atoms with Gasteiger partial charge in [-0.05, 0) is 47.5 Å². The van der Waals surface area contributed by atoms with E-state index in [0.717, 1.165) is 11.1 Å². The van der Waals surface area contributed by atoms with Crippen molar-refractivity contribution in [3.8, 4) is 5.69 Å². The predicted molar refractivity (Wildman–Crippen MR) is 120 cm³/mol. The Bertz CT molecular complexity index is 1310. The molecule has 1 aliphatic carbocycles. The average molecular weight is 427 g/mol. The van der Waals surface area contributed by atoms with Crippen molar-refractivity contribution in [3.05, 3.63) is 106 Å². The number of nitrogens with zero attached hydrogens (tertiary/aromatic N) is 2. The molecule has 5 rings (SSSR count). The fourth-order valence-corrected chi connectivity index (χ4v) is 3.94. The molecule has 3 aromatic carbocycles. The zero-order chi connectivity index (χ0) is 22.1. The summed E-state index contributed by atoms with van der Waals surface area (Å²) in [5.74, 6) is 0.0285. The molecule has 4 aromatic rings. The molecular formula is C24H21N5O3. The highest BCUT2D eigenvalue weighted by molar-refractivity contribution is 5.95. The summed E-state index contributed by atoms with van der Waals surface area (Å²) in [5, 5.41) is 20.6. The molecule has 8 nitrogen and oxygen atoms in total. The number of anilines is 2. The Morgan fingerprint density at radius 1 is 1.00 bits per heavy atom. The molecule has 0 bridgehead atoms. The van der Waals surface area contributed by atoms with Crippen molar-refractivity contribution in [2.24, 2.45) is 0 Å². The summed E-state index contributed by atoms with van der Waals surface area (Å²) in [6.07, 6.45) is -0.119. The highest BCUT2D eigenvalue weighted by atomic mass is 16.3. The van der Waals surface area contributed by atoms with E-state index < -0.39 is 12.1 Å². The molecule has 8 heteroatoms. The fourth-order valence-electron chi connectivity index (χ4n) is 3.94. The number of carbonyl (C=O) groups is 1. The van der Waals surface area contributed by atoms with E-state index in [1.165, 1.54) is 4.68 Å². The number of para-hydroxylation sites is 1. The number of aromatic nitrogens is 3. The Hall–Kier alpha value is -4.17. The lowest BCUT2D eigenvalue weighted by molar-refractivity contribution is 0.0858. The molecule has 0 aliphatic heterocycles. The Kier molecular flexibility index (Phi) is 5.04. The second-order valence-corrected chi connectivity index (χ2v) is 7.65. The predicted octanol–water partition coefficient (Wildman–Crippen LogP) is 2.69. The third-order valence-electron chi connectivity index (χ3n) is 5.52. The molecule has 0 spiro atoms. The second kappa shape index (κ2) is 8.16. The van der Waals surface area contributed by atoms with Gasteiger partial charge in [0.25, 0.3) is 5.91 Å². The first kappa shape index (κ1) is 19.8. The monoisotopic (exact) mass is 427 g/mol. The lowest BCUT2D eigenvalue weighted by Gasteiger charge is -2.18. The molecule has 1 aliphatic rings. The summed E-state index contributed by atoms with van der Waals surface area (Å²) in [6, 6.07) is 23.2. The van der Waals surface area contributed by atoms with Gasteiger partial charge in [-0.3, -0.25) is 9.78 Å². The van der Waals surface area contributed by atoms with Crippen molar-refractivity contribution in [1.29, 1.82) is 0 Å². The van der Waals surface area contributed by atoms with Gasteiger partial charge in [-0.15, -0.1) is 5.10 Å². The molecule has 2 unspecified atom stereocenters. The van der Waals surface area contributed by atoms with Gasteiger partial charge >= 0.3 is 5.69 Å². The van der Waals surface area contributed by atoms with Crippen molar-refractivity contribution in [2.75, 3.05) is 5.32 Å². The summed E-state index contributed by atoms with van der Waals surface area (Å²) in [5.41, 5.74) is 3.44. The number of amides is 1. The van der Waals surface area contributed by atoms with E-state index in [9.17, 15) is 14.7 Å². The van der Waals surface area contributed by atoms with Crippen LogP contribution >= 0.6 is 0 Å². The van der Waals surface area contributed by atoms with E-state index in [-0.39, 0.29) is 11.6 Å². The lowest BCUT2D eigenvalue weighted by atomic mass is 10.1. The molecule has 1 heterocycles. The number of nitrogens with one attached hydrogen (secondary N) is 3. The van der Waals surface area contributed by atoms with E-state index in [4.69, 9.17) is 0 Å². The van der Waals surface area contributed by atoms with E-state index in [2.05, 4.69) is 20.7 Å². The molecule has 1 aromatic heterocycles. The number of hydrogen-bond acceptors (Lipinski definition) is 5. The van der Waals surface area contributed by atoms with Crippen LogP contribution in [0.2, 0.25) is 0 Å². The van der Waals surface area contributed by atoms with Gasteiger partial charge in [-0.2, -0.15) is 4.68 Å². The minimum absolute atomic E-state index is 0.265. The van der Waals surface area contributed by atoms with Gasteiger partial charge in [0.2, 0.25) is 5.95 Å². The van der Waals surface area contributed by atoms with Crippen LogP contribution in [0.1, 0.15) is 27.5 Å². The number of H-pyrrole nitrogens is 1. The number of aliphatic hydroxyl groups excluding tert-OH is 1. The van der Waals surface area contributed by atoms with Crippen molar-refractivity contribution >= 4 is 17.5 Å². The minimum Gasteiger partial charge on any atom is -0.390 e. The second-order valence-electron chi connectivity index (χ2n) is 7.65. The van der Waals surface area contributed by atoms with Crippen LogP contribution in [0.25, 0.3) is 5.69 Å². The van der Waals surface area contributed by atoms with Crippen LogP contribution in [-0.4, -0.2) is 31.9 Å². The number of hydrogen-bond donors (Lipinski definition) is 4. The molecular weight excluding hydrogens is 406 g/mol. The summed E-state index contributed by atoms with van der Waals surface area (Å²) < 4.78 is 1.27. The largest absolute Gasteiger partial charge is 0.390 e. The molecule has 0 fully saturated rings.